The molecule has 1 saturated heterocycles. The Kier molecular flexibility index (Phi) is 4.94. The third-order valence-electron chi connectivity index (χ3n) is 3.73. The summed E-state index contributed by atoms with van der Waals surface area (Å²) >= 11 is 0. The lowest BCUT2D eigenvalue weighted by Crippen LogP contribution is -2.92. The number of nitrogens with zero attached hydrogens (tertiary/aromatic N) is 1. The normalized spacial score (nSPS) is 19.0. The Balaban J connectivity index is 1.87. The molecule has 2 amide bonds. The number of quaternary nitrogens is 1. The number of likely N-dealkylation sites (tertiary alicyclic amines) is 1. The first-order valence-electron chi connectivity index (χ1n) is 7.12. The number of imide groups is 1. The van der Waals surface area contributed by atoms with E-state index in [4.69, 9.17) is 5.14 Å². The summed E-state index contributed by atoms with van der Waals surface area (Å²) in [5.41, 5.74) is 0.952. The molecular formula is C14H20N3O4S+. The highest BCUT2D eigenvalue weighted by Gasteiger charge is 2.39. The zero-order chi connectivity index (χ0) is 16.3. The largest absolute Gasteiger partial charge is 0.335 e. The third-order valence-corrected chi connectivity index (χ3v) is 4.66. The molecule has 4 N–H and O–H groups in total. The van der Waals surface area contributed by atoms with Gasteiger partial charge < -0.3 is 5.32 Å². The zero-order valence-corrected chi connectivity index (χ0v) is 13.2. The number of sulfonamides is 1. The maximum atomic E-state index is 11.9. The lowest BCUT2D eigenvalue weighted by Gasteiger charge is -2.11. The molecule has 0 saturated carbocycles. The number of carbonyl (C=O) groups excluding carboxylic acids is 2. The van der Waals surface area contributed by atoms with Crippen LogP contribution in [0.1, 0.15) is 18.9 Å². The average Bonchev–Trinajstić information content (AvgIpc) is 2.72. The van der Waals surface area contributed by atoms with E-state index in [9.17, 15) is 18.0 Å². The quantitative estimate of drug-likeness (QED) is 0.625. The summed E-state index contributed by atoms with van der Waals surface area (Å²) in [5, 5.41) is 6.90. The summed E-state index contributed by atoms with van der Waals surface area (Å²) in [5.74, 6) is -0.247. The van der Waals surface area contributed by atoms with E-state index in [1.165, 1.54) is 17.0 Å². The average molecular weight is 326 g/mol. The highest BCUT2D eigenvalue weighted by atomic mass is 32.2. The van der Waals surface area contributed by atoms with E-state index >= 15 is 0 Å². The van der Waals surface area contributed by atoms with Crippen LogP contribution < -0.4 is 10.5 Å². The number of carbonyl (C=O) groups is 2. The molecule has 120 valence electrons. The minimum absolute atomic E-state index is 0.0791. The molecule has 1 fully saturated rings. The van der Waals surface area contributed by atoms with Gasteiger partial charge in [-0.25, -0.2) is 13.6 Å². The molecule has 0 unspecified atom stereocenters. The molecule has 1 aliphatic heterocycles. The van der Waals surface area contributed by atoms with Crippen molar-refractivity contribution in [1.29, 1.82) is 0 Å². The summed E-state index contributed by atoms with van der Waals surface area (Å²) in [4.78, 5) is 24.9. The number of rotatable bonds is 6. The van der Waals surface area contributed by atoms with Crippen LogP contribution in [0.5, 0.6) is 0 Å². The number of primary sulfonamides is 1. The van der Waals surface area contributed by atoms with Crippen molar-refractivity contribution >= 4 is 21.8 Å². The zero-order valence-electron chi connectivity index (χ0n) is 12.4. The van der Waals surface area contributed by atoms with E-state index < -0.39 is 10.0 Å². The maximum absolute atomic E-state index is 11.9. The van der Waals surface area contributed by atoms with Crippen molar-refractivity contribution in [3.8, 4) is 0 Å². The summed E-state index contributed by atoms with van der Waals surface area (Å²) in [6, 6.07) is 6.00. The minimum atomic E-state index is -3.67. The number of hydrogen-bond donors (Lipinski definition) is 2. The number of hydrogen-bond acceptors (Lipinski definition) is 4. The van der Waals surface area contributed by atoms with Gasteiger partial charge in [-0.3, -0.25) is 14.5 Å². The summed E-state index contributed by atoms with van der Waals surface area (Å²) in [6.07, 6.45) is 0.923. The van der Waals surface area contributed by atoms with Crippen LogP contribution in [0.15, 0.2) is 29.2 Å². The number of benzene rings is 1. The van der Waals surface area contributed by atoms with Crippen LogP contribution in [0, 0.1) is 0 Å². The molecule has 8 heteroatoms. The molecule has 7 nitrogen and oxygen atoms in total. The Morgan fingerprint density at radius 1 is 1.27 bits per heavy atom. The van der Waals surface area contributed by atoms with E-state index in [1.54, 1.807) is 19.1 Å². The first-order valence-corrected chi connectivity index (χ1v) is 8.67. The van der Waals surface area contributed by atoms with E-state index in [0.717, 1.165) is 5.56 Å². The Morgan fingerprint density at radius 2 is 1.91 bits per heavy atom. The monoisotopic (exact) mass is 326 g/mol. The summed E-state index contributed by atoms with van der Waals surface area (Å²) in [6.45, 7) is 2.85. The molecule has 0 aliphatic carbocycles. The Morgan fingerprint density at radius 3 is 2.41 bits per heavy atom. The molecule has 1 aliphatic rings. The topological polar surface area (TPSA) is 114 Å². The third kappa shape index (κ3) is 3.70. The standard InChI is InChI=1S/C14H19N3O4S/c1-2-17-13(18)9-12(14(17)19)16-8-7-10-3-5-11(6-4-10)22(15,20)21/h3-6,12,16H,2,7-9H2,1H3,(H2,15,20,21)/p+1/t12-/m0/s1. The van der Waals surface area contributed by atoms with Crippen molar-refractivity contribution in [2.45, 2.75) is 30.7 Å². The molecule has 0 spiro atoms. The first kappa shape index (κ1) is 16.6. The van der Waals surface area contributed by atoms with Crippen LogP contribution in [0.2, 0.25) is 0 Å². The van der Waals surface area contributed by atoms with Crippen molar-refractivity contribution < 1.29 is 23.3 Å². The molecule has 0 bridgehead atoms. The van der Waals surface area contributed by atoms with Gasteiger partial charge in [0, 0.05) is 13.0 Å². The Hall–Kier alpha value is -1.77. The fraction of sp³-hybridized carbons (Fsp3) is 0.429. The smallest absolute Gasteiger partial charge is 0.287 e. The summed E-state index contributed by atoms with van der Waals surface area (Å²) < 4.78 is 22.3. The Labute approximate surface area is 129 Å². The van der Waals surface area contributed by atoms with Crippen LogP contribution in [0.4, 0.5) is 0 Å². The minimum Gasteiger partial charge on any atom is -0.335 e. The van der Waals surface area contributed by atoms with Crippen molar-refractivity contribution in [1.82, 2.24) is 4.90 Å². The molecule has 0 radical (unpaired) electrons. The van der Waals surface area contributed by atoms with Gasteiger partial charge in [-0.05, 0) is 24.6 Å². The van der Waals surface area contributed by atoms with Gasteiger partial charge >= 0.3 is 0 Å². The van der Waals surface area contributed by atoms with Gasteiger partial charge in [0.25, 0.3) is 5.91 Å². The van der Waals surface area contributed by atoms with Crippen LogP contribution in [0.25, 0.3) is 0 Å². The van der Waals surface area contributed by atoms with E-state index in [1.807, 2.05) is 5.32 Å². The molecular weight excluding hydrogens is 306 g/mol. The molecule has 2 rings (SSSR count). The van der Waals surface area contributed by atoms with Gasteiger partial charge in [0.1, 0.15) is 0 Å². The summed E-state index contributed by atoms with van der Waals surface area (Å²) in [7, 11) is -3.67. The van der Waals surface area contributed by atoms with Crippen molar-refractivity contribution in [2.24, 2.45) is 5.14 Å². The van der Waals surface area contributed by atoms with E-state index in [0.29, 0.717) is 19.5 Å². The van der Waals surface area contributed by atoms with E-state index in [-0.39, 0.29) is 29.2 Å². The second-order valence-corrected chi connectivity index (χ2v) is 6.81. The van der Waals surface area contributed by atoms with Crippen molar-refractivity contribution in [3.63, 3.8) is 0 Å². The first-order chi connectivity index (χ1) is 10.3. The lowest BCUT2D eigenvalue weighted by molar-refractivity contribution is -0.674. The highest BCUT2D eigenvalue weighted by Crippen LogP contribution is 2.10. The van der Waals surface area contributed by atoms with Crippen molar-refractivity contribution in [3.05, 3.63) is 29.8 Å². The van der Waals surface area contributed by atoms with Gasteiger partial charge in [0.2, 0.25) is 15.9 Å². The number of nitrogens with two attached hydrogens (primary N) is 2. The SMILES string of the molecule is CCN1C(=O)C[C@H]([NH2+]CCc2ccc(S(N)(=O)=O)cc2)C1=O. The van der Waals surface area contributed by atoms with Gasteiger partial charge in [-0.15, -0.1) is 0 Å². The van der Waals surface area contributed by atoms with E-state index in [2.05, 4.69) is 0 Å². The van der Waals surface area contributed by atoms with Crippen LogP contribution in [-0.2, 0) is 26.0 Å². The molecule has 1 atom stereocenters. The van der Waals surface area contributed by atoms with Crippen LogP contribution in [0.3, 0.4) is 0 Å². The van der Waals surface area contributed by atoms with Gasteiger partial charge in [-0.2, -0.15) is 0 Å². The molecule has 1 aromatic carbocycles. The highest BCUT2D eigenvalue weighted by molar-refractivity contribution is 7.89. The van der Waals surface area contributed by atoms with Gasteiger partial charge in [-0.1, -0.05) is 12.1 Å². The predicted molar refractivity (Wildman–Crippen MR) is 79.1 cm³/mol. The lowest BCUT2D eigenvalue weighted by atomic mass is 10.1. The van der Waals surface area contributed by atoms with Crippen LogP contribution >= 0.6 is 0 Å². The van der Waals surface area contributed by atoms with Crippen molar-refractivity contribution in [2.75, 3.05) is 13.1 Å². The molecule has 1 heterocycles. The van der Waals surface area contributed by atoms with Gasteiger partial charge in [0.15, 0.2) is 6.04 Å². The molecule has 0 aromatic heterocycles. The second kappa shape index (κ2) is 6.55. The molecule has 22 heavy (non-hydrogen) atoms. The van der Waals surface area contributed by atoms with Gasteiger partial charge in [0.05, 0.1) is 17.9 Å². The fourth-order valence-corrected chi connectivity index (χ4v) is 3.04. The predicted octanol–water partition coefficient (Wildman–Crippen LogP) is -1.41. The van der Waals surface area contributed by atoms with Crippen LogP contribution in [-0.4, -0.2) is 44.3 Å². The number of likely N-dealkylation sites (N-methyl/N-ethyl adjacent to an activating group) is 1. The maximum Gasteiger partial charge on any atom is 0.287 e. The Bertz CT molecular complexity index is 670. The number of amides is 2. The fourth-order valence-electron chi connectivity index (χ4n) is 2.52. The molecule has 1 aromatic rings. The second-order valence-electron chi connectivity index (χ2n) is 5.25.